The number of fused-ring (bicyclic) bond motifs is 12. The monoisotopic (exact) mass is 300 g/mol. The SMILES string of the molecule is OC1(C(F)(F)F)CCC2C3CC(C2O1)C1C2C=CC(C2)C31. The molecule has 5 heteroatoms. The summed E-state index contributed by atoms with van der Waals surface area (Å²) in [5, 5.41) is 9.89. The maximum atomic E-state index is 13.1. The van der Waals surface area contributed by atoms with Gasteiger partial charge in [0, 0.05) is 6.42 Å². The summed E-state index contributed by atoms with van der Waals surface area (Å²) >= 11 is 0. The minimum atomic E-state index is -4.69. The average molecular weight is 300 g/mol. The van der Waals surface area contributed by atoms with Crippen molar-refractivity contribution in [2.45, 2.75) is 43.8 Å². The van der Waals surface area contributed by atoms with Crippen LogP contribution in [0.4, 0.5) is 13.2 Å². The van der Waals surface area contributed by atoms with Crippen molar-refractivity contribution in [3.8, 4) is 0 Å². The summed E-state index contributed by atoms with van der Waals surface area (Å²) in [5.41, 5.74) is 0. The summed E-state index contributed by atoms with van der Waals surface area (Å²) in [7, 11) is 0. The Balaban J connectivity index is 1.46. The maximum Gasteiger partial charge on any atom is 0.443 e. The molecule has 2 nitrogen and oxygen atoms in total. The van der Waals surface area contributed by atoms with Crippen LogP contribution in [0.3, 0.4) is 0 Å². The van der Waals surface area contributed by atoms with Gasteiger partial charge in [-0.25, -0.2) is 0 Å². The Morgan fingerprint density at radius 2 is 1.67 bits per heavy atom. The highest BCUT2D eigenvalue weighted by atomic mass is 19.4. The second-order valence-electron chi connectivity index (χ2n) is 7.73. The smallest absolute Gasteiger partial charge is 0.359 e. The summed E-state index contributed by atoms with van der Waals surface area (Å²) in [6.07, 6.45) is 1.86. The molecular formula is C16H19F3O2. The third kappa shape index (κ3) is 1.43. The lowest BCUT2D eigenvalue weighted by Gasteiger charge is -2.48. The Morgan fingerprint density at radius 1 is 1.00 bits per heavy atom. The number of allylic oxidation sites excluding steroid dienone is 2. The molecule has 4 aliphatic carbocycles. The molecule has 4 bridgehead atoms. The quantitative estimate of drug-likeness (QED) is 0.550. The topological polar surface area (TPSA) is 29.5 Å². The minimum Gasteiger partial charge on any atom is -0.359 e. The molecule has 0 radical (unpaired) electrons. The van der Waals surface area contributed by atoms with Crippen molar-refractivity contribution in [3.63, 3.8) is 0 Å². The van der Waals surface area contributed by atoms with Crippen LogP contribution in [-0.4, -0.2) is 23.2 Å². The number of alkyl halides is 3. The predicted molar refractivity (Wildman–Crippen MR) is 67.9 cm³/mol. The van der Waals surface area contributed by atoms with E-state index in [1.165, 1.54) is 6.42 Å². The van der Waals surface area contributed by atoms with Crippen molar-refractivity contribution in [2.75, 3.05) is 0 Å². The lowest BCUT2D eigenvalue weighted by Crippen LogP contribution is -2.57. The van der Waals surface area contributed by atoms with Crippen molar-refractivity contribution in [1.82, 2.24) is 0 Å². The highest BCUT2D eigenvalue weighted by Crippen LogP contribution is 2.69. The third-order valence-electron chi connectivity index (χ3n) is 7.10. The Kier molecular flexibility index (Phi) is 2.26. The number of ether oxygens (including phenoxy) is 1. The molecular weight excluding hydrogens is 281 g/mol. The molecule has 0 aromatic rings. The lowest BCUT2D eigenvalue weighted by molar-refractivity contribution is -0.400. The van der Waals surface area contributed by atoms with Gasteiger partial charge in [0.1, 0.15) is 0 Å². The molecule has 0 amide bonds. The van der Waals surface area contributed by atoms with E-state index in [1.807, 2.05) is 0 Å². The molecule has 21 heavy (non-hydrogen) atoms. The molecule has 1 saturated heterocycles. The van der Waals surface area contributed by atoms with Crippen molar-refractivity contribution < 1.29 is 23.0 Å². The molecule has 116 valence electrons. The van der Waals surface area contributed by atoms with Crippen molar-refractivity contribution >= 4 is 0 Å². The molecule has 4 fully saturated rings. The first-order chi connectivity index (χ1) is 9.89. The van der Waals surface area contributed by atoms with Crippen LogP contribution >= 0.6 is 0 Å². The summed E-state index contributed by atoms with van der Waals surface area (Å²) in [6.45, 7) is 0. The van der Waals surface area contributed by atoms with Crippen molar-refractivity contribution in [1.29, 1.82) is 0 Å². The van der Waals surface area contributed by atoms with E-state index >= 15 is 0 Å². The van der Waals surface area contributed by atoms with Gasteiger partial charge in [-0.2, -0.15) is 13.2 Å². The first-order valence-corrected chi connectivity index (χ1v) is 8.04. The van der Waals surface area contributed by atoms with E-state index in [9.17, 15) is 18.3 Å². The van der Waals surface area contributed by atoms with Crippen LogP contribution < -0.4 is 0 Å². The van der Waals surface area contributed by atoms with Gasteiger partial charge in [-0.15, -0.1) is 0 Å². The molecule has 9 unspecified atom stereocenters. The minimum absolute atomic E-state index is 0.221. The van der Waals surface area contributed by atoms with E-state index < -0.39 is 12.0 Å². The molecule has 0 spiro atoms. The second kappa shape index (κ2) is 3.67. The highest BCUT2D eigenvalue weighted by Gasteiger charge is 2.69. The fourth-order valence-electron chi connectivity index (χ4n) is 6.52. The van der Waals surface area contributed by atoms with E-state index in [-0.39, 0.29) is 24.4 Å². The van der Waals surface area contributed by atoms with E-state index in [2.05, 4.69) is 12.2 Å². The van der Waals surface area contributed by atoms with E-state index in [4.69, 9.17) is 4.74 Å². The van der Waals surface area contributed by atoms with E-state index in [0.717, 1.165) is 6.42 Å². The van der Waals surface area contributed by atoms with Crippen LogP contribution in [0.1, 0.15) is 25.7 Å². The molecule has 9 atom stereocenters. The summed E-state index contributed by atoms with van der Waals surface area (Å²) in [4.78, 5) is 0. The fourth-order valence-corrected chi connectivity index (χ4v) is 6.52. The van der Waals surface area contributed by atoms with Gasteiger partial charge in [0.05, 0.1) is 6.10 Å². The summed E-state index contributed by atoms with van der Waals surface area (Å²) < 4.78 is 44.5. The normalized spacial score (nSPS) is 60.4. The Labute approximate surface area is 121 Å². The second-order valence-corrected chi connectivity index (χ2v) is 7.73. The van der Waals surface area contributed by atoms with E-state index in [0.29, 0.717) is 36.0 Å². The van der Waals surface area contributed by atoms with Gasteiger partial charge >= 0.3 is 6.18 Å². The standard InChI is InChI=1S/C16H19F3O2/c17-16(18,19)15(20)4-3-9-10-6-11(14(9)21-15)13-8-2-1-7(5-8)12(10)13/h1-2,7-14,20H,3-6H2. The predicted octanol–water partition coefficient (Wildman–Crippen LogP) is 3.12. The third-order valence-corrected chi connectivity index (χ3v) is 7.10. The zero-order chi connectivity index (χ0) is 14.6. The zero-order valence-corrected chi connectivity index (χ0v) is 11.6. The van der Waals surface area contributed by atoms with Crippen LogP contribution in [0.2, 0.25) is 0 Å². The van der Waals surface area contributed by atoms with Crippen LogP contribution in [0.15, 0.2) is 12.2 Å². The number of hydrogen-bond acceptors (Lipinski definition) is 2. The molecule has 5 aliphatic rings. The molecule has 1 aliphatic heterocycles. The van der Waals surface area contributed by atoms with Gasteiger partial charge in [0.15, 0.2) is 0 Å². The number of aliphatic hydroxyl groups is 1. The van der Waals surface area contributed by atoms with Crippen LogP contribution in [-0.2, 0) is 4.74 Å². The summed E-state index contributed by atoms with van der Waals surface area (Å²) in [6, 6.07) is 0. The van der Waals surface area contributed by atoms with Gasteiger partial charge in [0.2, 0.25) is 0 Å². The molecule has 0 aromatic carbocycles. The summed E-state index contributed by atoms with van der Waals surface area (Å²) in [5.74, 6) is 0.420. The number of halogens is 3. The number of rotatable bonds is 0. The average Bonchev–Trinajstić information content (AvgIpc) is 3.15. The van der Waals surface area contributed by atoms with Crippen molar-refractivity contribution in [3.05, 3.63) is 12.2 Å². The fraction of sp³-hybridized carbons (Fsp3) is 0.875. The first kappa shape index (κ1) is 12.9. The van der Waals surface area contributed by atoms with Crippen LogP contribution in [0.25, 0.3) is 0 Å². The molecule has 0 aromatic heterocycles. The molecule has 5 rings (SSSR count). The molecule has 3 saturated carbocycles. The van der Waals surface area contributed by atoms with E-state index in [1.54, 1.807) is 0 Å². The Morgan fingerprint density at radius 3 is 2.33 bits per heavy atom. The van der Waals surface area contributed by atoms with Gasteiger partial charge in [-0.05, 0) is 60.7 Å². The number of hydrogen-bond donors (Lipinski definition) is 1. The van der Waals surface area contributed by atoms with Crippen molar-refractivity contribution in [2.24, 2.45) is 41.4 Å². The van der Waals surface area contributed by atoms with Gasteiger partial charge < -0.3 is 9.84 Å². The largest absolute Gasteiger partial charge is 0.443 e. The van der Waals surface area contributed by atoms with Crippen LogP contribution in [0.5, 0.6) is 0 Å². The first-order valence-electron chi connectivity index (χ1n) is 8.04. The Bertz CT molecular complexity index is 516. The molecule has 1 heterocycles. The zero-order valence-electron chi connectivity index (χ0n) is 11.6. The highest BCUT2D eigenvalue weighted by molar-refractivity contribution is 5.23. The Hall–Kier alpha value is -0.550. The van der Waals surface area contributed by atoms with Gasteiger partial charge in [-0.1, -0.05) is 12.2 Å². The van der Waals surface area contributed by atoms with Gasteiger partial charge in [-0.3, -0.25) is 0 Å². The molecule has 1 N–H and O–H groups in total. The maximum absolute atomic E-state index is 13.1. The van der Waals surface area contributed by atoms with Gasteiger partial charge in [0.25, 0.3) is 5.79 Å². The van der Waals surface area contributed by atoms with Crippen LogP contribution in [0, 0.1) is 41.4 Å². The lowest BCUT2D eigenvalue weighted by atomic mass is 9.66.